The summed E-state index contributed by atoms with van der Waals surface area (Å²) in [5.74, 6) is -0.219. The second-order valence-corrected chi connectivity index (χ2v) is 5.08. The van der Waals surface area contributed by atoms with Crippen molar-refractivity contribution < 1.29 is 9.90 Å². The average molecular weight is 260 g/mol. The zero-order chi connectivity index (χ0) is 13.3. The molecule has 0 aromatic carbocycles. The zero-order valence-corrected chi connectivity index (χ0v) is 10.5. The standard InChI is InChI=1S/C13H16N4O2/c18-12(15-9-13(19)3-1-2-4-13)10-7-16-17-6-5-14-8-11(10)17/h5-8,19H,1-4,9H2,(H,15,18). The molecule has 0 unspecified atom stereocenters. The van der Waals surface area contributed by atoms with E-state index in [2.05, 4.69) is 15.4 Å². The number of fused-ring (bicyclic) bond motifs is 1. The normalized spacial score (nSPS) is 17.7. The summed E-state index contributed by atoms with van der Waals surface area (Å²) < 4.78 is 1.60. The van der Waals surface area contributed by atoms with Gasteiger partial charge < -0.3 is 10.4 Å². The molecule has 100 valence electrons. The highest BCUT2D eigenvalue weighted by molar-refractivity contribution is 6.00. The van der Waals surface area contributed by atoms with Crippen LogP contribution in [0.3, 0.4) is 0 Å². The Bertz CT molecular complexity index is 601. The van der Waals surface area contributed by atoms with E-state index in [1.165, 1.54) is 6.20 Å². The van der Waals surface area contributed by atoms with Crippen molar-refractivity contribution in [3.8, 4) is 0 Å². The molecule has 2 N–H and O–H groups in total. The summed E-state index contributed by atoms with van der Waals surface area (Å²) in [6, 6.07) is 0. The van der Waals surface area contributed by atoms with Gasteiger partial charge >= 0.3 is 0 Å². The fourth-order valence-corrected chi connectivity index (χ4v) is 2.56. The van der Waals surface area contributed by atoms with Gasteiger partial charge in [0.05, 0.1) is 29.1 Å². The highest BCUT2D eigenvalue weighted by Crippen LogP contribution is 2.28. The van der Waals surface area contributed by atoms with Crippen LogP contribution in [0.4, 0.5) is 0 Å². The van der Waals surface area contributed by atoms with Gasteiger partial charge in [-0.15, -0.1) is 0 Å². The van der Waals surface area contributed by atoms with Crippen molar-refractivity contribution >= 4 is 11.4 Å². The van der Waals surface area contributed by atoms with E-state index < -0.39 is 5.60 Å². The van der Waals surface area contributed by atoms with Crippen LogP contribution in [0.5, 0.6) is 0 Å². The predicted octanol–water partition coefficient (Wildman–Crippen LogP) is 0.764. The van der Waals surface area contributed by atoms with E-state index >= 15 is 0 Å². The maximum atomic E-state index is 12.1. The van der Waals surface area contributed by atoms with E-state index in [9.17, 15) is 9.90 Å². The van der Waals surface area contributed by atoms with E-state index in [4.69, 9.17) is 0 Å². The van der Waals surface area contributed by atoms with Crippen molar-refractivity contribution in [3.05, 3.63) is 30.4 Å². The molecule has 2 aromatic heterocycles. The van der Waals surface area contributed by atoms with E-state index in [0.717, 1.165) is 25.7 Å². The summed E-state index contributed by atoms with van der Waals surface area (Å²) in [7, 11) is 0. The molecule has 0 saturated heterocycles. The van der Waals surface area contributed by atoms with Gasteiger partial charge in [0.15, 0.2) is 0 Å². The molecular formula is C13H16N4O2. The van der Waals surface area contributed by atoms with Gasteiger partial charge in [0.2, 0.25) is 0 Å². The van der Waals surface area contributed by atoms with E-state index in [1.807, 2.05) is 0 Å². The maximum Gasteiger partial charge on any atom is 0.255 e. The van der Waals surface area contributed by atoms with Crippen LogP contribution in [0.2, 0.25) is 0 Å². The van der Waals surface area contributed by atoms with E-state index in [-0.39, 0.29) is 5.91 Å². The first-order valence-electron chi connectivity index (χ1n) is 6.46. The smallest absolute Gasteiger partial charge is 0.255 e. The molecule has 1 aliphatic carbocycles. The topological polar surface area (TPSA) is 79.5 Å². The monoisotopic (exact) mass is 260 g/mol. The Balaban J connectivity index is 1.73. The molecule has 2 heterocycles. The Kier molecular flexibility index (Phi) is 2.94. The molecule has 6 heteroatoms. The molecule has 1 amide bonds. The number of carbonyl (C=O) groups is 1. The van der Waals surface area contributed by atoms with Crippen molar-refractivity contribution in [2.45, 2.75) is 31.3 Å². The summed E-state index contributed by atoms with van der Waals surface area (Å²) in [5.41, 5.74) is 0.407. The molecule has 0 atom stereocenters. The molecule has 2 aromatic rings. The fourth-order valence-electron chi connectivity index (χ4n) is 2.56. The lowest BCUT2D eigenvalue weighted by Gasteiger charge is -2.22. The zero-order valence-electron chi connectivity index (χ0n) is 10.5. The van der Waals surface area contributed by atoms with Crippen LogP contribution in [0, 0.1) is 0 Å². The number of carbonyl (C=O) groups excluding carboxylic acids is 1. The lowest BCUT2D eigenvalue weighted by atomic mass is 10.0. The van der Waals surface area contributed by atoms with Crippen molar-refractivity contribution in [2.24, 2.45) is 0 Å². The van der Waals surface area contributed by atoms with Crippen molar-refractivity contribution in [2.75, 3.05) is 6.54 Å². The molecule has 1 fully saturated rings. The van der Waals surface area contributed by atoms with E-state index in [0.29, 0.717) is 17.6 Å². The summed E-state index contributed by atoms with van der Waals surface area (Å²) in [6.07, 6.45) is 9.98. The van der Waals surface area contributed by atoms with Crippen molar-refractivity contribution in [1.82, 2.24) is 19.9 Å². The molecule has 1 saturated carbocycles. The minimum atomic E-state index is -0.739. The molecular weight excluding hydrogens is 244 g/mol. The van der Waals surface area contributed by atoms with Gasteiger partial charge in [0.25, 0.3) is 5.91 Å². The van der Waals surface area contributed by atoms with E-state index in [1.54, 1.807) is 23.1 Å². The first kappa shape index (κ1) is 12.1. The van der Waals surface area contributed by atoms with Crippen LogP contribution in [-0.2, 0) is 0 Å². The molecule has 0 aliphatic heterocycles. The molecule has 19 heavy (non-hydrogen) atoms. The van der Waals surface area contributed by atoms with Gasteiger partial charge in [0, 0.05) is 18.9 Å². The van der Waals surface area contributed by atoms with Crippen LogP contribution in [-0.4, -0.2) is 37.8 Å². The van der Waals surface area contributed by atoms with Gasteiger partial charge in [-0.1, -0.05) is 12.8 Å². The van der Waals surface area contributed by atoms with Gasteiger partial charge in [-0.25, -0.2) is 4.52 Å². The average Bonchev–Trinajstić information content (AvgIpc) is 3.03. The first-order chi connectivity index (χ1) is 9.18. The van der Waals surface area contributed by atoms with Crippen LogP contribution < -0.4 is 5.32 Å². The predicted molar refractivity (Wildman–Crippen MR) is 68.7 cm³/mol. The van der Waals surface area contributed by atoms with Crippen LogP contribution in [0.25, 0.3) is 5.52 Å². The van der Waals surface area contributed by atoms with Crippen molar-refractivity contribution in [3.63, 3.8) is 0 Å². The molecule has 6 nitrogen and oxygen atoms in total. The third kappa shape index (κ3) is 2.31. The minimum absolute atomic E-state index is 0.219. The minimum Gasteiger partial charge on any atom is -0.388 e. The SMILES string of the molecule is O=C(NCC1(O)CCCC1)c1cnn2ccncc12. The highest BCUT2D eigenvalue weighted by atomic mass is 16.3. The number of amides is 1. The second kappa shape index (κ2) is 4.62. The van der Waals surface area contributed by atoms with Crippen molar-refractivity contribution in [1.29, 1.82) is 0 Å². The maximum absolute atomic E-state index is 12.1. The number of rotatable bonds is 3. The number of hydrogen-bond donors (Lipinski definition) is 2. The molecule has 0 radical (unpaired) electrons. The highest BCUT2D eigenvalue weighted by Gasteiger charge is 2.31. The Labute approximate surface area is 110 Å². The summed E-state index contributed by atoms with van der Waals surface area (Å²) >= 11 is 0. The van der Waals surface area contributed by atoms with Gasteiger partial charge in [-0.3, -0.25) is 9.78 Å². The van der Waals surface area contributed by atoms with Gasteiger partial charge in [-0.2, -0.15) is 5.10 Å². The molecule has 0 bridgehead atoms. The molecule has 1 aliphatic rings. The van der Waals surface area contributed by atoms with Crippen LogP contribution >= 0.6 is 0 Å². The number of aliphatic hydroxyl groups is 1. The number of hydrogen-bond acceptors (Lipinski definition) is 4. The quantitative estimate of drug-likeness (QED) is 0.854. The Morgan fingerprint density at radius 2 is 2.21 bits per heavy atom. The fraction of sp³-hybridized carbons (Fsp3) is 0.462. The Morgan fingerprint density at radius 1 is 1.42 bits per heavy atom. The third-order valence-electron chi connectivity index (χ3n) is 3.68. The Morgan fingerprint density at radius 3 is 3.00 bits per heavy atom. The summed E-state index contributed by atoms with van der Waals surface area (Å²) in [6.45, 7) is 0.295. The second-order valence-electron chi connectivity index (χ2n) is 5.08. The number of nitrogens with one attached hydrogen (secondary N) is 1. The number of aromatic nitrogens is 3. The first-order valence-corrected chi connectivity index (χ1v) is 6.46. The van der Waals surface area contributed by atoms with Gasteiger partial charge in [0.1, 0.15) is 0 Å². The summed E-state index contributed by atoms with van der Waals surface area (Å²) in [5, 5.41) is 17.1. The molecule has 0 spiro atoms. The molecule has 3 rings (SSSR count). The summed E-state index contributed by atoms with van der Waals surface area (Å²) in [4.78, 5) is 16.1. The lowest BCUT2D eigenvalue weighted by molar-refractivity contribution is 0.0450. The Hall–Kier alpha value is -1.95. The van der Waals surface area contributed by atoms with Gasteiger partial charge in [-0.05, 0) is 12.8 Å². The van der Waals surface area contributed by atoms with Crippen LogP contribution in [0.15, 0.2) is 24.8 Å². The third-order valence-corrected chi connectivity index (χ3v) is 3.68. The largest absolute Gasteiger partial charge is 0.388 e. The lowest BCUT2D eigenvalue weighted by Crippen LogP contribution is -2.40. The van der Waals surface area contributed by atoms with Crippen LogP contribution in [0.1, 0.15) is 36.0 Å². The number of nitrogens with zero attached hydrogens (tertiary/aromatic N) is 3.